The Morgan fingerprint density at radius 1 is 1.10 bits per heavy atom. The van der Waals surface area contributed by atoms with E-state index in [1.54, 1.807) is 0 Å². The third-order valence-electron chi connectivity index (χ3n) is 3.46. The second-order valence-corrected chi connectivity index (χ2v) is 4.89. The second-order valence-electron chi connectivity index (χ2n) is 4.89. The molecule has 0 fully saturated rings. The molecular formula is C17H16N2O2. The van der Waals surface area contributed by atoms with E-state index in [2.05, 4.69) is 10.3 Å². The van der Waals surface area contributed by atoms with Crippen LogP contribution < -0.4 is 5.32 Å². The Balaban J connectivity index is 1.81. The van der Waals surface area contributed by atoms with Gasteiger partial charge in [0.1, 0.15) is 5.69 Å². The van der Waals surface area contributed by atoms with Gasteiger partial charge in [0, 0.05) is 10.9 Å². The van der Waals surface area contributed by atoms with Gasteiger partial charge in [-0.25, -0.2) is 0 Å². The normalized spacial score (nSPS) is 12.2. The molecule has 0 unspecified atom stereocenters. The lowest BCUT2D eigenvalue weighted by Crippen LogP contribution is -2.30. The predicted octanol–water partition coefficient (Wildman–Crippen LogP) is 2.63. The number of H-pyrrole nitrogens is 1. The van der Waals surface area contributed by atoms with Crippen molar-refractivity contribution in [3.05, 3.63) is 71.9 Å². The topological polar surface area (TPSA) is 65.1 Å². The number of benzene rings is 2. The van der Waals surface area contributed by atoms with Gasteiger partial charge in [-0.3, -0.25) is 4.79 Å². The van der Waals surface area contributed by atoms with Crippen molar-refractivity contribution in [3.63, 3.8) is 0 Å². The molecular weight excluding hydrogens is 264 g/mol. The molecule has 3 rings (SSSR count). The van der Waals surface area contributed by atoms with E-state index in [1.165, 1.54) is 0 Å². The minimum atomic E-state index is -0.412. The lowest BCUT2D eigenvalue weighted by Gasteiger charge is -2.16. The molecule has 0 radical (unpaired) electrons. The Hall–Kier alpha value is -2.59. The molecule has 106 valence electrons. The number of fused-ring (bicyclic) bond motifs is 1. The van der Waals surface area contributed by atoms with Crippen LogP contribution in [0.2, 0.25) is 0 Å². The minimum Gasteiger partial charge on any atom is -0.394 e. The van der Waals surface area contributed by atoms with Crippen LogP contribution in [0.3, 0.4) is 0 Å². The predicted molar refractivity (Wildman–Crippen MR) is 82.0 cm³/mol. The number of para-hydroxylation sites is 1. The Morgan fingerprint density at radius 3 is 2.52 bits per heavy atom. The van der Waals surface area contributed by atoms with Gasteiger partial charge < -0.3 is 15.4 Å². The number of aliphatic hydroxyl groups is 1. The van der Waals surface area contributed by atoms with Crippen LogP contribution in [0.4, 0.5) is 0 Å². The van der Waals surface area contributed by atoms with E-state index < -0.39 is 6.04 Å². The smallest absolute Gasteiger partial charge is 0.268 e. The van der Waals surface area contributed by atoms with Crippen LogP contribution in [0.15, 0.2) is 60.7 Å². The molecule has 21 heavy (non-hydrogen) atoms. The molecule has 1 aromatic heterocycles. The zero-order valence-electron chi connectivity index (χ0n) is 11.4. The summed E-state index contributed by atoms with van der Waals surface area (Å²) < 4.78 is 0. The Morgan fingerprint density at radius 2 is 1.81 bits per heavy atom. The highest BCUT2D eigenvalue weighted by Crippen LogP contribution is 2.16. The molecule has 0 saturated carbocycles. The SMILES string of the molecule is O=C(N[C@H](CO)c1ccccc1)c1cc2ccccc2[nH]1. The molecule has 0 aliphatic rings. The summed E-state index contributed by atoms with van der Waals surface area (Å²) in [6.07, 6.45) is 0. The van der Waals surface area contributed by atoms with Crippen LogP contribution in [0.1, 0.15) is 22.1 Å². The molecule has 1 heterocycles. The van der Waals surface area contributed by atoms with Crippen molar-refractivity contribution in [1.29, 1.82) is 0 Å². The van der Waals surface area contributed by atoms with Gasteiger partial charge in [0.15, 0.2) is 0 Å². The molecule has 0 aliphatic heterocycles. The van der Waals surface area contributed by atoms with E-state index in [9.17, 15) is 9.90 Å². The number of carbonyl (C=O) groups is 1. The second kappa shape index (κ2) is 5.81. The van der Waals surface area contributed by atoms with Gasteiger partial charge in [-0.1, -0.05) is 48.5 Å². The highest BCUT2D eigenvalue weighted by atomic mass is 16.3. The lowest BCUT2D eigenvalue weighted by atomic mass is 10.1. The highest BCUT2D eigenvalue weighted by molar-refractivity contribution is 5.98. The number of aromatic nitrogens is 1. The summed E-state index contributed by atoms with van der Waals surface area (Å²) in [5.74, 6) is -0.228. The van der Waals surface area contributed by atoms with Crippen LogP contribution in [-0.2, 0) is 0 Å². The number of rotatable bonds is 4. The molecule has 4 nitrogen and oxygen atoms in total. The van der Waals surface area contributed by atoms with Gasteiger partial charge >= 0.3 is 0 Å². The number of hydrogen-bond donors (Lipinski definition) is 3. The molecule has 3 N–H and O–H groups in total. The first-order valence-corrected chi connectivity index (χ1v) is 6.82. The number of carbonyl (C=O) groups excluding carboxylic acids is 1. The van der Waals surface area contributed by atoms with Gasteiger partial charge in [-0.15, -0.1) is 0 Å². The average Bonchev–Trinajstić information content (AvgIpc) is 2.97. The first-order valence-electron chi connectivity index (χ1n) is 6.82. The monoisotopic (exact) mass is 280 g/mol. The van der Waals surface area contributed by atoms with Gasteiger partial charge in [0.05, 0.1) is 12.6 Å². The Bertz CT molecular complexity index is 717. The van der Waals surface area contributed by atoms with Crippen LogP contribution in [0.25, 0.3) is 10.9 Å². The molecule has 4 heteroatoms. The van der Waals surface area contributed by atoms with E-state index >= 15 is 0 Å². The zero-order valence-corrected chi connectivity index (χ0v) is 11.4. The van der Waals surface area contributed by atoms with Crippen molar-refractivity contribution in [2.75, 3.05) is 6.61 Å². The number of aromatic amines is 1. The summed E-state index contributed by atoms with van der Waals surface area (Å²) in [4.78, 5) is 15.4. The van der Waals surface area contributed by atoms with Crippen molar-refractivity contribution in [2.24, 2.45) is 0 Å². The number of hydrogen-bond acceptors (Lipinski definition) is 2. The van der Waals surface area contributed by atoms with E-state index in [0.29, 0.717) is 5.69 Å². The van der Waals surface area contributed by atoms with Gasteiger partial charge in [-0.05, 0) is 17.7 Å². The summed E-state index contributed by atoms with van der Waals surface area (Å²) in [5, 5.41) is 13.3. The summed E-state index contributed by atoms with van der Waals surface area (Å²) in [5.41, 5.74) is 2.29. The first-order chi connectivity index (χ1) is 10.3. The third kappa shape index (κ3) is 2.80. The summed E-state index contributed by atoms with van der Waals surface area (Å²) >= 11 is 0. The number of nitrogens with one attached hydrogen (secondary N) is 2. The van der Waals surface area contributed by atoms with Crippen LogP contribution >= 0.6 is 0 Å². The van der Waals surface area contributed by atoms with Crippen molar-refractivity contribution >= 4 is 16.8 Å². The minimum absolute atomic E-state index is 0.143. The third-order valence-corrected chi connectivity index (χ3v) is 3.46. The van der Waals surface area contributed by atoms with Crippen molar-refractivity contribution in [1.82, 2.24) is 10.3 Å². The van der Waals surface area contributed by atoms with Crippen LogP contribution in [0, 0.1) is 0 Å². The molecule has 1 amide bonds. The molecule has 0 bridgehead atoms. The highest BCUT2D eigenvalue weighted by Gasteiger charge is 2.16. The maximum atomic E-state index is 12.3. The van der Waals surface area contributed by atoms with E-state index in [-0.39, 0.29) is 12.5 Å². The maximum Gasteiger partial charge on any atom is 0.268 e. The quantitative estimate of drug-likeness (QED) is 0.688. The average molecular weight is 280 g/mol. The van der Waals surface area contributed by atoms with Crippen LogP contribution in [-0.4, -0.2) is 22.6 Å². The fourth-order valence-electron chi connectivity index (χ4n) is 2.35. The van der Waals surface area contributed by atoms with Crippen LogP contribution in [0.5, 0.6) is 0 Å². The fourth-order valence-corrected chi connectivity index (χ4v) is 2.35. The van der Waals surface area contributed by atoms with Gasteiger partial charge in [0.25, 0.3) is 5.91 Å². The first kappa shape index (κ1) is 13.4. The van der Waals surface area contributed by atoms with Crippen molar-refractivity contribution in [2.45, 2.75) is 6.04 Å². The lowest BCUT2D eigenvalue weighted by molar-refractivity contribution is 0.0912. The largest absolute Gasteiger partial charge is 0.394 e. The van der Waals surface area contributed by atoms with Gasteiger partial charge in [0.2, 0.25) is 0 Å². The summed E-state index contributed by atoms with van der Waals surface area (Å²) in [7, 11) is 0. The molecule has 0 spiro atoms. The van der Waals surface area contributed by atoms with E-state index in [0.717, 1.165) is 16.5 Å². The van der Waals surface area contributed by atoms with E-state index in [4.69, 9.17) is 0 Å². The maximum absolute atomic E-state index is 12.3. The fraction of sp³-hybridized carbons (Fsp3) is 0.118. The molecule has 1 atom stereocenters. The molecule has 0 aliphatic carbocycles. The summed E-state index contributed by atoms with van der Waals surface area (Å²) in [6.45, 7) is -0.143. The van der Waals surface area contributed by atoms with E-state index in [1.807, 2.05) is 60.7 Å². The number of amides is 1. The molecule has 2 aromatic carbocycles. The molecule has 0 saturated heterocycles. The molecule has 3 aromatic rings. The van der Waals surface area contributed by atoms with Crippen molar-refractivity contribution in [3.8, 4) is 0 Å². The van der Waals surface area contributed by atoms with Crippen molar-refractivity contribution < 1.29 is 9.90 Å². The standard InChI is InChI=1S/C17H16N2O2/c20-11-16(12-6-2-1-3-7-12)19-17(21)15-10-13-8-4-5-9-14(13)18-15/h1-10,16,18,20H,11H2,(H,19,21)/t16-/m1/s1. The summed E-state index contributed by atoms with van der Waals surface area (Å²) in [6, 6.07) is 18.5. The van der Waals surface area contributed by atoms with Gasteiger partial charge in [-0.2, -0.15) is 0 Å². The zero-order chi connectivity index (χ0) is 14.7. The Kier molecular flexibility index (Phi) is 3.71. The number of aliphatic hydroxyl groups excluding tert-OH is 1. The Labute approximate surface area is 122 Å².